The summed E-state index contributed by atoms with van der Waals surface area (Å²) in [6.45, 7) is 10.3. The van der Waals surface area contributed by atoms with Gasteiger partial charge in [-0.05, 0) is 62.4 Å². The number of anilines is 1. The van der Waals surface area contributed by atoms with Crippen molar-refractivity contribution in [2.75, 3.05) is 45.7 Å². The molecular formula is C30H40N6O4S. The van der Waals surface area contributed by atoms with Crippen molar-refractivity contribution in [3.8, 4) is 5.88 Å². The molecule has 3 aromatic rings. The van der Waals surface area contributed by atoms with Crippen molar-refractivity contribution >= 4 is 45.0 Å². The number of thiazole rings is 1. The largest absolute Gasteiger partial charge is 0.480 e. The van der Waals surface area contributed by atoms with Crippen molar-refractivity contribution in [1.82, 2.24) is 19.8 Å². The van der Waals surface area contributed by atoms with E-state index in [1.165, 1.54) is 46.9 Å². The first kappa shape index (κ1) is 30.4. The van der Waals surface area contributed by atoms with Crippen LogP contribution in [-0.2, 0) is 9.59 Å². The van der Waals surface area contributed by atoms with Crippen molar-refractivity contribution in [1.29, 1.82) is 0 Å². The van der Waals surface area contributed by atoms with Crippen LogP contribution in [0.2, 0.25) is 0 Å². The predicted octanol–water partition coefficient (Wildman–Crippen LogP) is 4.13. The number of aromatic nitrogens is 2. The lowest BCUT2D eigenvalue weighted by Gasteiger charge is -2.42. The number of hydrogen-bond acceptors (Lipinski definition) is 8. The van der Waals surface area contributed by atoms with Gasteiger partial charge in [0.15, 0.2) is 0 Å². The number of pyridine rings is 1. The average Bonchev–Trinajstić information content (AvgIpc) is 3.36. The number of primary amides is 1. The number of nitrogens with zero attached hydrogens (tertiary/aromatic N) is 4. The number of nitrogens with one attached hydrogen (secondary N) is 1. The van der Waals surface area contributed by atoms with Crippen LogP contribution >= 0.6 is 11.3 Å². The molecule has 2 aromatic heterocycles. The van der Waals surface area contributed by atoms with Gasteiger partial charge in [0, 0.05) is 25.6 Å². The molecule has 41 heavy (non-hydrogen) atoms. The molecule has 2 aliphatic rings. The van der Waals surface area contributed by atoms with Gasteiger partial charge in [0.25, 0.3) is 5.91 Å². The molecule has 2 fully saturated rings. The van der Waals surface area contributed by atoms with Gasteiger partial charge in [-0.2, -0.15) is 0 Å². The minimum Gasteiger partial charge on any atom is -0.480 e. The number of benzene rings is 1. The molecule has 5 rings (SSSR count). The standard InChI is InChI=1S/C15H20N4O4.C15H20N2S/c1-9-4-3-5-19(8-9)15(22)13(21)18-10-6-11(12(16)20)14(23-2)17-7-10;1-15(2)10-17(3)9-8-11(15)14-16-12-6-4-5-7-13(12)18-14/h6-7,9H,3-5,8H2,1-2H3,(H2,16,20)(H,18,21);4-7,11H,8-10H2,1-3H3/t;11-/m.0/s1. The first-order valence-corrected chi connectivity index (χ1v) is 14.8. The summed E-state index contributed by atoms with van der Waals surface area (Å²) in [4.78, 5) is 48.3. The minimum absolute atomic E-state index is 0.0318. The summed E-state index contributed by atoms with van der Waals surface area (Å²) in [6, 6.07) is 9.81. The quantitative estimate of drug-likeness (QED) is 0.444. The van der Waals surface area contributed by atoms with Gasteiger partial charge in [0.2, 0.25) is 5.88 Å². The highest BCUT2D eigenvalue weighted by atomic mass is 32.1. The highest BCUT2D eigenvalue weighted by Crippen LogP contribution is 2.44. The van der Waals surface area contributed by atoms with Crippen molar-refractivity contribution in [2.24, 2.45) is 17.1 Å². The molecule has 1 unspecified atom stereocenters. The number of para-hydroxylation sites is 1. The lowest BCUT2D eigenvalue weighted by Crippen LogP contribution is -2.44. The highest BCUT2D eigenvalue weighted by molar-refractivity contribution is 7.18. The number of carbonyl (C=O) groups is 3. The van der Waals surface area contributed by atoms with E-state index in [4.69, 9.17) is 15.5 Å². The number of hydrogen-bond donors (Lipinski definition) is 2. The number of methoxy groups -OCH3 is 1. The van der Waals surface area contributed by atoms with E-state index < -0.39 is 17.7 Å². The smallest absolute Gasteiger partial charge is 0.313 e. The van der Waals surface area contributed by atoms with Crippen LogP contribution in [0.5, 0.6) is 5.88 Å². The second kappa shape index (κ2) is 12.9. The number of fused-ring (bicyclic) bond motifs is 1. The molecule has 4 heterocycles. The third-order valence-corrected chi connectivity index (χ3v) is 8.89. The van der Waals surface area contributed by atoms with Crippen molar-refractivity contribution < 1.29 is 19.1 Å². The number of rotatable bonds is 4. The Morgan fingerprint density at radius 2 is 1.93 bits per heavy atom. The number of nitrogens with two attached hydrogens (primary N) is 1. The van der Waals surface area contributed by atoms with Crippen LogP contribution in [0.25, 0.3) is 10.2 Å². The van der Waals surface area contributed by atoms with E-state index in [0.717, 1.165) is 24.9 Å². The average molecular weight is 581 g/mol. The van der Waals surface area contributed by atoms with Gasteiger partial charge in [-0.3, -0.25) is 14.4 Å². The molecule has 10 nitrogen and oxygen atoms in total. The summed E-state index contributed by atoms with van der Waals surface area (Å²) >= 11 is 1.88. The molecule has 2 saturated heterocycles. The monoisotopic (exact) mass is 580 g/mol. The fourth-order valence-corrected chi connectivity index (χ4v) is 7.00. The maximum absolute atomic E-state index is 12.2. The molecule has 2 aliphatic heterocycles. The molecule has 0 saturated carbocycles. The number of amides is 3. The van der Waals surface area contributed by atoms with E-state index in [0.29, 0.717) is 30.3 Å². The fourth-order valence-electron chi connectivity index (χ4n) is 5.68. The molecule has 2 atom stereocenters. The van der Waals surface area contributed by atoms with Gasteiger partial charge < -0.3 is 25.6 Å². The second-order valence-electron chi connectivity index (χ2n) is 11.7. The highest BCUT2D eigenvalue weighted by Gasteiger charge is 2.37. The van der Waals surface area contributed by atoms with Crippen molar-refractivity contribution in [2.45, 2.75) is 46.0 Å². The van der Waals surface area contributed by atoms with Crippen LogP contribution in [0.3, 0.4) is 0 Å². The van der Waals surface area contributed by atoms with Crippen LogP contribution in [0.4, 0.5) is 5.69 Å². The first-order valence-electron chi connectivity index (χ1n) is 14.0. The molecule has 11 heteroatoms. The molecule has 0 aliphatic carbocycles. The normalized spacial score (nSPS) is 20.6. The lowest BCUT2D eigenvalue weighted by molar-refractivity contribution is -0.144. The van der Waals surface area contributed by atoms with Crippen LogP contribution in [0.15, 0.2) is 36.5 Å². The zero-order chi connectivity index (χ0) is 29.7. The first-order chi connectivity index (χ1) is 19.5. The third kappa shape index (κ3) is 7.39. The summed E-state index contributed by atoms with van der Waals surface area (Å²) in [6.07, 6.45) is 4.46. The Morgan fingerprint density at radius 1 is 1.17 bits per heavy atom. The Labute approximate surface area is 245 Å². The second-order valence-corrected chi connectivity index (χ2v) is 12.7. The summed E-state index contributed by atoms with van der Waals surface area (Å²) in [5.74, 6) is -1.04. The predicted molar refractivity (Wildman–Crippen MR) is 161 cm³/mol. The van der Waals surface area contributed by atoms with Gasteiger partial charge in [0.05, 0.1) is 34.2 Å². The van der Waals surface area contributed by atoms with Gasteiger partial charge >= 0.3 is 11.8 Å². The summed E-state index contributed by atoms with van der Waals surface area (Å²) in [5.41, 5.74) is 6.96. The summed E-state index contributed by atoms with van der Waals surface area (Å²) in [5, 5.41) is 3.77. The molecule has 1 aromatic carbocycles. The molecule has 220 valence electrons. The van der Waals surface area contributed by atoms with Crippen LogP contribution in [0.1, 0.15) is 61.3 Å². The van der Waals surface area contributed by atoms with Gasteiger partial charge in [-0.15, -0.1) is 11.3 Å². The minimum atomic E-state index is -0.763. The van der Waals surface area contributed by atoms with Gasteiger partial charge in [-0.25, -0.2) is 9.97 Å². The van der Waals surface area contributed by atoms with Crippen molar-refractivity contribution in [3.63, 3.8) is 0 Å². The van der Waals surface area contributed by atoms with Gasteiger partial charge in [0.1, 0.15) is 5.56 Å². The Hall–Kier alpha value is -3.57. The zero-order valence-corrected chi connectivity index (χ0v) is 25.3. The maximum Gasteiger partial charge on any atom is 0.313 e. The molecule has 0 radical (unpaired) electrons. The molecule has 3 amide bonds. The Bertz CT molecular complexity index is 1370. The number of piperidine rings is 2. The van der Waals surface area contributed by atoms with E-state index in [1.807, 2.05) is 18.3 Å². The van der Waals surface area contributed by atoms with Crippen LogP contribution in [0, 0.1) is 11.3 Å². The third-order valence-electron chi connectivity index (χ3n) is 7.74. The van der Waals surface area contributed by atoms with E-state index in [-0.39, 0.29) is 17.1 Å². The number of likely N-dealkylation sites (tertiary alicyclic amines) is 2. The zero-order valence-electron chi connectivity index (χ0n) is 24.5. The summed E-state index contributed by atoms with van der Waals surface area (Å²) in [7, 11) is 3.57. The maximum atomic E-state index is 12.2. The van der Waals surface area contributed by atoms with Gasteiger partial charge in [-0.1, -0.05) is 32.9 Å². The summed E-state index contributed by atoms with van der Waals surface area (Å²) < 4.78 is 6.24. The van der Waals surface area contributed by atoms with E-state index in [1.54, 1.807) is 0 Å². The van der Waals surface area contributed by atoms with E-state index in [2.05, 4.69) is 60.4 Å². The van der Waals surface area contributed by atoms with E-state index >= 15 is 0 Å². The van der Waals surface area contributed by atoms with E-state index in [9.17, 15) is 14.4 Å². The Balaban J connectivity index is 0.000000194. The SMILES string of the molecule is CN1CC[C@@H](c2nc3ccccc3s2)C(C)(C)C1.COc1ncc(NC(=O)C(=O)N2CCCC(C)C2)cc1C(N)=O. The van der Waals surface area contributed by atoms with Crippen molar-refractivity contribution in [3.05, 3.63) is 47.1 Å². The lowest BCUT2D eigenvalue weighted by atomic mass is 9.74. The molecule has 0 spiro atoms. The molecule has 3 N–H and O–H groups in total. The number of ether oxygens (including phenoxy) is 1. The Kier molecular flexibility index (Phi) is 9.60. The molecule has 0 bridgehead atoms. The fraction of sp³-hybridized carbons (Fsp3) is 0.500. The topological polar surface area (TPSA) is 131 Å². The van der Waals surface area contributed by atoms with Crippen LogP contribution in [-0.4, -0.2) is 77.8 Å². The molecular weight excluding hydrogens is 540 g/mol. The number of carbonyl (C=O) groups excluding carboxylic acids is 3. The van der Waals surface area contributed by atoms with Crippen LogP contribution < -0.4 is 15.8 Å². The Morgan fingerprint density at radius 3 is 2.59 bits per heavy atom.